The van der Waals surface area contributed by atoms with Crippen LogP contribution in [0.4, 0.5) is 0 Å². The zero-order valence-corrected chi connectivity index (χ0v) is 11.7. The fourth-order valence-corrected chi connectivity index (χ4v) is 1.45. The summed E-state index contributed by atoms with van der Waals surface area (Å²) in [6, 6.07) is 0. The largest absolute Gasteiger partial charge is 0.466 e. The number of hydrogen-bond acceptors (Lipinski definition) is 4. The second kappa shape index (κ2) is 8.48. The molecule has 0 heterocycles. The van der Waals surface area contributed by atoms with Gasteiger partial charge in [0.1, 0.15) is 0 Å². The normalized spacial score (nSPS) is 11.9. The van der Waals surface area contributed by atoms with E-state index in [9.17, 15) is 9.90 Å². The summed E-state index contributed by atoms with van der Waals surface area (Å²) in [5, 5.41) is 9.20. The Kier molecular flexibility index (Phi) is 8.17. The van der Waals surface area contributed by atoms with Gasteiger partial charge in [-0.2, -0.15) is 0 Å². The van der Waals surface area contributed by atoms with Crippen molar-refractivity contribution in [2.75, 3.05) is 26.8 Å². The number of esters is 1. The van der Waals surface area contributed by atoms with Crippen LogP contribution in [0.5, 0.6) is 0 Å². The minimum atomic E-state index is -0.166. The van der Waals surface area contributed by atoms with Crippen LogP contribution in [-0.4, -0.2) is 48.3 Å². The van der Waals surface area contributed by atoms with Gasteiger partial charge in [-0.3, -0.25) is 9.69 Å². The molecule has 0 rings (SSSR count). The smallest absolute Gasteiger partial charge is 0.305 e. The summed E-state index contributed by atoms with van der Waals surface area (Å²) in [7, 11) is 2.02. The van der Waals surface area contributed by atoms with Crippen LogP contribution < -0.4 is 0 Å². The third-order valence-electron chi connectivity index (χ3n) is 3.10. The highest BCUT2D eigenvalue weighted by Crippen LogP contribution is 2.12. The molecular weight excluding hydrogens is 218 g/mol. The van der Waals surface area contributed by atoms with Crippen LogP contribution >= 0.6 is 0 Å². The average molecular weight is 245 g/mol. The number of ether oxygens (including phenoxy) is 1. The van der Waals surface area contributed by atoms with Gasteiger partial charge in [0.25, 0.3) is 0 Å². The first-order valence-corrected chi connectivity index (χ1v) is 6.41. The van der Waals surface area contributed by atoms with E-state index in [4.69, 9.17) is 4.74 Å². The minimum absolute atomic E-state index is 0.100. The molecule has 0 aromatic carbocycles. The second-order valence-corrected chi connectivity index (χ2v) is 5.01. The summed E-state index contributed by atoms with van der Waals surface area (Å²) in [6.07, 6.45) is 3.46. The quantitative estimate of drug-likeness (QED) is 0.497. The topological polar surface area (TPSA) is 49.8 Å². The summed E-state index contributed by atoms with van der Waals surface area (Å²) >= 11 is 0. The monoisotopic (exact) mass is 245 g/mol. The van der Waals surface area contributed by atoms with Crippen molar-refractivity contribution in [3.63, 3.8) is 0 Å². The van der Waals surface area contributed by atoms with Crippen LogP contribution in [0.25, 0.3) is 0 Å². The summed E-state index contributed by atoms with van der Waals surface area (Å²) in [6.45, 7) is 7.43. The molecule has 0 spiro atoms. The van der Waals surface area contributed by atoms with Crippen LogP contribution in [0, 0.1) is 0 Å². The average Bonchev–Trinajstić information content (AvgIpc) is 2.28. The lowest BCUT2D eigenvalue weighted by atomic mass is 10.0. The highest BCUT2D eigenvalue weighted by Gasteiger charge is 2.21. The SMILES string of the molecule is CCOC(=O)CCCCCN(C)C(C)(C)CO. The number of aliphatic hydroxyl groups is 1. The van der Waals surface area contributed by atoms with Crippen molar-refractivity contribution in [2.24, 2.45) is 0 Å². The van der Waals surface area contributed by atoms with E-state index >= 15 is 0 Å². The molecule has 4 nitrogen and oxygen atoms in total. The zero-order chi connectivity index (χ0) is 13.3. The molecule has 0 fully saturated rings. The Morgan fingerprint density at radius 2 is 1.94 bits per heavy atom. The number of rotatable bonds is 9. The molecule has 0 radical (unpaired) electrons. The van der Waals surface area contributed by atoms with Crippen LogP contribution in [0.1, 0.15) is 46.5 Å². The Bertz CT molecular complexity index is 217. The third kappa shape index (κ3) is 7.34. The number of nitrogens with zero attached hydrogens (tertiary/aromatic N) is 1. The maximum atomic E-state index is 11.1. The number of likely N-dealkylation sites (N-methyl/N-ethyl adjacent to an activating group) is 1. The highest BCUT2D eigenvalue weighted by molar-refractivity contribution is 5.69. The van der Waals surface area contributed by atoms with Gasteiger partial charge in [-0.15, -0.1) is 0 Å². The Labute approximate surface area is 105 Å². The Morgan fingerprint density at radius 3 is 2.47 bits per heavy atom. The molecule has 0 bridgehead atoms. The van der Waals surface area contributed by atoms with Gasteiger partial charge in [0.2, 0.25) is 0 Å². The maximum absolute atomic E-state index is 11.1. The van der Waals surface area contributed by atoms with Crippen LogP contribution in [0.15, 0.2) is 0 Å². The molecule has 4 heteroatoms. The molecule has 0 aromatic heterocycles. The number of unbranched alkanes of at least 4 members (excludes halogenated alkanes) is 2. The van der Waals surface area contributed by atoms with E-state index in [-0.39, 0.29) is 18.1 Å². The molecule has 0 atom stereocenters. The van der Waals surface area contributed by atoms with Gasteiger partial charge in [0.05, 0.1) is 13.2 Å². The summed E-state index contributed by atoms with van der Waals surface area (Å²) in [4.78, 5) is 13.2. The van der Waals surface area contributed by atoms with Crippen molar-refractivity contribution >= 4 is 5.97 Å². The van der Waals surface area contributed by atoms with Gasteiger partial charge in [0.15, 0.2) is 0 Å². The molecule has 0 unspecified atom stereocenters. The summed E-state index contributed by atoms with van der Waals surface area (Å²) in [5.74, 6) is -0.100. The number of carbonyl (C=O) groups excluding carboxylic acids is 1. The molecule has 0 aromatic rings. The van der Waals surface area contributed by atoms with Crippen LogP contribution in [0.3, 0.4) is 0 Å². The predicted octanol–water partition coefficient (Wildman–Crippen LogP) is 1.81. The van der Waals surface area contributed by atoms with Crippen molar-refractivity contribution in [3.05, 3.63) is 0 Å². The van der Waals surface area contributed by atoms with Crippen molar-refractivity contribution in [3.8, 4) is 0 Å². The van der Waals surface area contributed by atoms with Gasteiger partial charge < -0.3 is 9.84 Å². The van der Waals surface area contributed by atoms with Gasteiger partial charge in [-0.05, 0) is 47.2 Å². The fraction of sp³-hybridized carbons (Fsp3) is 0.923. The third-order valence-corrected chi connectivity index (χ3v) is 3.10. The molecule has 0 saturated heterocycles. The molecule has 0 amide bonds. The first kappa shape index (κ1) is 16.4. The lowest BCUT2D eigenvalue weighted by Gasteiger charge is -2.33. The lowest BCUT2D eigenvalue weighted by molar-refractivity contribution is -0.143. The first-order chi connectivity index (χ1) is 7.94. The Hall–Kier alpha value is -0.610. The van der Waals surface area contributed by atoms with Crippen LogP contribution in [-0.2, 0) is 9.53 Å². The van der Waals surface area contributed by atoms with E-state index in [1.807, 2.05) is 27.8 Å². The molecule has 0 aliphatic rings. The van der Waals surface area contributed by atoms with E-state index in [1.54, 1.807) is 0 Å². The summed E-state index contributed by atoms with van der Waals surface area (Å²) < 4.78 is 4.86. The van der Waals surface area contributed by atoms with E-state index in [0.717, 1.165) is 25.8 Å². The molecule has 102 valence electrons. The highest BCUT2D eigenvalue weighted by atomic mass is 16.5. The van der Waals surface area contributed by atoms with Gasteiger partial charge in [0, 0.05) is 12.0 Å². The Morgan fingerprint density at radius 1 is 1.29 bits per heavy atom. The standard InChI is InChI=1S/C13H27NO3/c1-5-17-12(16)9-7-6-8-10-14(4)13(2,3)11-15/h15H,5-11H2,1-4H3. The number of carbonyl (C=O) groups is 1. The molecule has 0 saturated carbocycles. The van der Waals surface area contributed by atoms with Gasteiger partial charge in [-0.25, -0.2) is 0 Å². The van der Waals surface area contributed by atoms with Crippen molar-refractivity contribution < 1.29 is 14.6 Å². The van der Waals surface area contributed by atoms with Crippen molar-refractivity contribution in [1.82, 2.24) is 4.90 Å². The van der Waals surface area contributed by atoms with Crippen molar-refractivity contribution in [2.45, 2.75) is 52.0 Å². The maximum Gasteiger partial charge on any atom is 0.305 e. The van der Waals surface area contributed by atoms with E-state index in [1.165, 1.54) is 0 Å². The van der Waals surface area contributed by atoms with Gasteiger partial charge >= 0.3 is 5.97 Å². The lowest BCUT2D eigenvalue weighted by Crippen LogP contribution is -2.44. The fourth-order valence-electron chi connectivity index (χ4n) is 1.45. The van der Waals surface area contributed by atoms with Crippen LogP contribution in [0.2, 0.25) is 0 Å². The van der Waals surface area contributed by atoms with E-state index < -0.39 is 0 Å². The Balaban J connectivity index is 3.55. The zero-order valence-electron chi connectivity index (χ0n) is 11.7. The molecule has 0 aliphatic carbocycles. The predicted molar refractivity (Wildman–Crippen MR) is 68.9 cm³/mol. The second-order valence-electron chi connectivity index (χ2n) is 5.01. The number of hydrogen-bond donors (Lipinski definition) is 1. The molecule has 0 aliphatic heterocycles. The van der Waals surface area contributed by atoms with Gasteiger partial charge in [-0.1, -0.05) is 6.42 Å². The minimum Gasteiger partial charge on any atom is -0.466 e. The molecular formula is C13H27NO3. The first-order valence-electron chi connectivity index (χ1n) is 6.41. The number of aliphatic hydroxyl groups excluding tert-OH is 1. The van der Waals surface area contributed by atoms with E-state index in [0.29, 0.717) is 13.0 Å². The van der Waals surface area contributed by atoms with Crippen molar-refractivity contribution in [1.29, 1.82) is 0 Å². The summed E-state index contributed by atoms with van der Waals surface area (Å²) in [5.41, 5.74) is -0.166. The van der Waals surface area contributed by atoms with E-state index in [2.05, 4.69) is 4.90 Å². The molecule has 1 N–H and O–H groups in total. The molecule has 17 heavy (non-hydrogen) atoms.